The van der Waals surface area contributed by atoms with Gasteiger partial charge in [0.15, 0.2) is 5.78 Å². The first-order valence-corrected chi connectivity index (χ1v) is 9.70. The lowest BCUT2D eigenvalue weighted by Crippen LogP contribution is -2.31. The third-order valence-corrected chi connectivity index (χ3v) is 4.34. The lowest BCUT2D eigenvalue weighted by atomic mass is 10.0. The van der Waals surface area contributed by atoms with E-state index in [4.69, 9.17) is 9.47 Å². The van der Waals surface area contributed by atoms with Gasteiger partial charge in [-0.25, -0.2) is 4.39 Å². The van der Waals surface area contributed by atoms with Gasteiger partial charge < -0.3 is 14.8 Å². The zero-order chi connectivity index (χ0) is 22.1. The van der Waals surface area contributed by atoms with E-state index in [-0.39, 0.29) is 37.1 Å². The molecule has 0 fully saturated rings. The van der Waals surface area contributed by atoms with Crippen molar-refractivity contribution in [1.29, 1.82) is 0 Å². The van der Waals surface area contributed by atoms with Crippen molar-refractivity contribution >= 4 is 17.7 Å². The van der Waals surface area contributed by atoms with Crippen LogP contribution in [0, 0.1) is 5.82 Å². The van der Waals surface area contributed by atoms with Crippen LogP contribution in [0.2, 0.25) is 0 Å². The molecule has 2 rings (SSSR count). The van der Waals surface area contributed by atoms with E-state index in [1.165, 1.54) is 24.3 Å². The van der Waals surface area contributed by atoms with Crippen LogP contribution in [0.25, 0.3) is 0 Å². The molecule has 2 aromatic rings. The summed E-state index contributed by atoms with van der Waals surface area (Å²) in [5.74, 6) is -0.846. The minimum Gasteiger partial charge on any atom is -0.497 e. The fourth-order valence-electron chi connectivity index (χ4n) is 2.84. The number of rotatable bonds is 10. The number of hydrogen-bond acceptors (Lipinski definition) is 5. The van der Waals surface area contributed by atoms with Crippen LogP contribution < -0.4 is 10.1 Å². The van der Waals surface area contributed by atoms with Gasteiger partial charge in [-0.3, -0.25) is 14.4 Å². The average molecular weight is 415 g/mol. The zero-order valence-electron chi connectivity index (χ0n) is 17.3. The summed E-state index contributed by atoms with van der Waals surface area (Å²) >= 11 is 0. The first-order chi connectivity index (χ1) is 14.3. The lowest BCUT2D eigenvalue weighted by Gasteiger charge is -2.20. The molecule has 0 saturated heterocycles. The van der Waals surface area contributed by atoms with Crippen molar-refractivity contribution in [1.82, 2.24) is 5.32 Å². The highest BCUT2D eigenvalue weighted by Gasteiger charge is 2.21. The van der Waals surface area contributed by atoms with Crippen molar-refractivity contribution in [3.63, 3.8) is 0 Å². The molecule has 1 N–H and O–H groups in total. The minimum atomic E-state index is -0.601. The second-order valence-corrected chi connectivity index (χ2v) is 7.07. The monoisotopic (exact) mass is 415 g/mol. The number of ether oxygens (including phenoxy) is 2. The summed E-state index contributed by atoms with van der Waals surface area (Å²) in [4.78, 5) is 36.8. The normalized spacial score (nSPS) is 11.6. The third-order valence-electron chi connectivity index (χ3n) is 4.34. The number of Topliss-reactive ketones (excluding diaryl/α,β-unsaturated/α-hetero) is 1. The van der Waals surface area contributed by atoms with Crippen molar-refractivity contribution in [3.8, 4) is 5.75 Å². The quantitative estimate of drug-likeness (QED) is 0.469. The summed E-state index contributed by atoms with van der Waals surface area (Å²) < 4.78 is 23.3. The maximum Gasteiger partial charge on any atom is 0.308 e. The van der Waals surface area contributed by atoms with Gasteiger partial charge in [0.05, 0.1) is 25.7 Å². The lowest BCUT2D eigenvalue weighted by molar-refractivity contribution is -0.148. The number of benzene rings is 2. The smallest absolute Gasteiger partial charge is 0.308 e. The number of ketones is 1. The molecule has 1 amide bonds. The molecule has 0 heterocycles. The molecule has 0 radical (unpaired) electrons. The Morgan fingerprint density at radius 1 is 0.967 bits per heavy atom. The number of hydrogen-bond donors (Lipinski definition) is 1. The number of nitrogens with one attached hydrogen (secondary N) is 1. The molecule has 0 bridgehead atoms. The van der Waals surface area contributed by atoms with Crippen LogP contribution in [-0.2, 0) is 14.3 Å². The largest absolute Gasteiger partial charge is 0.497 e. The Balaban J connectivity index is 2.02. The van der Waals surface area contributed by atoms with E-state index in [1.54, 1.807) is 45.2 Å². The summed E-state index contributed by atoms with van der Waals surface area (Å²) in [5, 5.41) is 2.80. The van der Waals surface area contributed by atoms with Crippen LogP contribution in [-0.4, -0.2) is 30.9 Å². The molecule has 0 saturated carbocycles. The second-order valence-electron chi connectivity index (χ2n) is 7.07. The highest BCUT2D eigenvalue weighted by molar-refractivity contribution is 5.98. The van der Waals surface area contributed by atoms with Crippen LogP contribution >= 0.6 is 0 Å². The number of halogens is 1. The van der Waals surface area contributed by atoms with Gasteiger partial charge in [-0.1, -0.05) is 12.1 Å². The fourth-order valence-corrected chi connectivity index (χ4v) is 2.84. The Bertz CT molecular complexity index is 862. The first-order valence-electron chi connectivity index (χ1n) is 9.70. The van der Waals surface area contributed by atoms with Crippen molar-refractivity contribution in [3.05, 3.63) is 65.5 Å². The van der Waals surface area contributed by atoms with Gasteiger partial charge in [-0.05, 0) is 55.8 Å². The van der Waals surface area contributed by atoms with Crippen molar-refractivity contribution in [2.45, 2.75) is 45.3 Å². The van der Waals surface area contributed by atoms with Gasteiger partial charge in [-0.2, -0.15) is 0 Å². The van der Waals surface area contributed by atoms with Crippen molar-refractivity contribution < 1.29 is 28.2 Å². The molecule has 30 heavy (non-hydrogen) atoms. The molecule has 0 unspecified atom stereocenters. The SMILES string of the molecule is COc1ccc([C@@H](CC(=O)OC(C)C)NC(=O)CCC(=O)c2ccc(F)cc2)cc1. The van der Waals surface area contributed by atoms with Crippen molar-refractivity contribution in [2.75, 3.05) is 7.11 Å². The predicted molar refractivity (Wildman–Crippen MR) is 110 cm³/mol. The minimum absolute atomic E-state index is 0.0246. The Kier molecular flexibility index (Phi) is 8.53. The standard InChI is InChI=1S/C23H26FNO5/c1-15(2)30-23(28)14-20(16-6-10-19(29-3)11-7-16)25-22(27)13-12-21(26)17-4-8-18(24)9-5-17/h4-11,15,20H,12-14H2,1-3H3,(H,25,27)/t20-/m1/s1. The molecule has 0 aliphatic rings. The van der Waals surface area contributed by atoms with Gasteiger partial charge in [0.25, 0.3) is 0 Å². The van der Waals surface area contributed by atoms with Gasteiger partial charge in [-0.15, -0.1) is 0 Å². The summed E-state index contributed by atoms with van der Waals surface area (Å²) in [6.45, 7) is 3.50. The zero-order valence-corrected chi connectivity index (χ0v) is 17.3. The van der Waals surface area contributed by atoms with Crippen LogP contribution in [0.15, 0.2) is 48.5 Å². The number of carbonyl (C=O) groups excluding carboxylic acids is 3. The average Bonchev–Trinajstić information content (AvgIpc) is 2.71. The molecule has 0 spiro atoms. The predicted octanol–water partition coefficient (Wildman–Crippen LogP) is 4.00. The Hall–Kier alpha value is -3.22. The van der Waals surface area contributed by atoms with Crippen LogP contribution in [0.3, 0.4) is 0 Å². The molecule has 0 aliphatic carbocycles. The van der Waals surface area contributed by atoms with E-state index in [2.05, 4.69) is 5.32 Å². The molecule has 1 atom stereocenters. The van der Waals surface area contributed by atoms with E-state index in [0.717, 1.165) is 5.56 Å². The molecule has 2 aromatic carbocycles. The van der Waals surface area contributed by atoms with Gasteiger partial charge >= 0.3 is 5.97 Å². The van der Waals surface area contributed by atoms with E-state index in [9.17, 15) is 18.8 Å². The van der Waals surface area contributed by atoms with Gasteiger partial charge in [0.1, 0.15) is 11.6 Å². The Morgan fingerprint density at radius 2 is 1.60 bits per heavy atom. The summed E-state index contributed by atoms with van der Waals surface area (Å²) in [5.41, 5.74) is 1.06. The van der Waals surface area contributed by atoms with Gasteiger partial charge in [0, 0.05) is 18.4 Å². The number of esters is 1. The fraction of sp³-hybridized carbons (Fsp3) is 0.348. The van der Waals surface area contributed by atoms with Crippen LogP contribution in [0.5, 0.6) is 5.75 Å². The maximum absolute atomic E-state index is 13.0. The Morgan fingerprint density at radius 3 is 2.17 bits per heavy atom. The Labute approximate surface area is 175 Å². The van der Waals surface area contributed by atoms with E-state index >= 15 is 0 Å². The summed E-state index contributed by atoms with van der Waals surface area (Å²) in [7, 11) is 1.55. The molecule has 0 aliphatic heterocycles. The molecule has 0 aromatic heterocycles. The second kappa shape index (κ2) is 11.1. The first kappa shape index (κ1) is 23.1. The maximum atomic E-state index is 13.0. The molecular weight excluding hydrogens is 389 g/mol. The number of amides is 1. The molecular formula is C23H26FNO5. The molecule has 7 heteroatoms. The van der Waals surface area contributed by atoms with Crippen LogP contribution in [0.1, 0.15) is 55.1 Å². The van der Waals surface area contributed by atoms with Crippen molar-refractivity contribution in [2.24, 2.45) is 0 Å². The number of carbonyl (C=O) groups is 3. The van der Waals surface area contributed by atoms with E-state index in [1.807, 2.05) is 0 Å². The third kappa shape index (κ3) is 7.31. The highest BCUT2D eigenvalue weighted by Crippen LogP contribution is 2.21. The van der Waals surface area contributed by atoms with Gasteiger partial charge in [0.2, 0.25) is 5.91 Å². The highest BCUT2D eigenvalue weighted by atomic mass is 19.1. The number of methoxy groups -OCH3 is 1. The summed E-state index contributed by atoms with van der Waals surface area (Å²) in [6.07, 6.45) is -0.383. The summed E-state index contributed by atoms with van der Waals surface area (Å²) in [6, 6.07) is 11.6. The molecule has 6 nitrogen and oxygen atoms in total. The topological polar surface area (TPSA) is 81.7 Å². The van der Waals surface area contributed by atoms with E-state index < -0.39 is 17.8 Å². The van der Waals surface area contributed by atoms with E-state index in [0.29, 0.717) is 11.3 Å². The molecule has 160 valence electrons. The van der Waals surface area contributed by atoms with Crippen LogP contribution in [0.4, 0.5) is 4.39 Å².